The predicted molar refractivity (Wildman–Crippen MR) is 95.3 cm³/mol. The largest absolute Gasteiger partial charge is 0.494 e. The lowest BCUT2D eigenvalue weighted by Gasteiger charge is -2.17. The van der Waals surface area contributed by atoms with Crippen molar-refractivity contribution < 1.29 is 9.47 Å². The lowest BCUT2D eigenvalue weighted by atomic mass is 9.96. The molecule has 0 bridgehead atoms. The Morgan fingerprint density at radius 1 is 0.957 bits per heavy atom. The molecule has 1 atom stereocenters. The third-order valence-corrected chi connectivity index (χ3v) is 4.02. The molecule has 0 fully saturated rings. The second kappa shape index (κ2) is 9.21. The zero-order valence-corrected chi connectivity index (χ0v) is 14.1. The van der Waals surface area contributed by atoms with Crippen LogP contribution < -0.4 is 15.2 Å². The van der Waals surface area contributed by atoms with E-state index in [-0.39, 0.29) is 0 Å². The van der Waals surface area contributed by atoms with Crippen molar-refractivity contribution in [3.8, 4) is 11.5 Å². The van der Waals surface area contributed by atoms with Crippen LogP contribution in [0.2, 0.25) is 0 Å². The van der Waals surface area contributed by atoms with Crippen LogP contribution >= 0.6 is 0 Å². The van der Waals surface area contributed by atoms with Crippen LogP contribution in [0.15, 0.2) is 48.5 Å². The minimum absolute atomic E-state index is 0.305. The first kappa shape index (κ1) is 17.4. The Bertz CT molecular complexity index is 580. The highest BCUT2D eigenvalue weighted by Crippen LogP contribution is 2.23. The van der Waals surface area contributed by atoms with Gasteiger partial charge >= 0.3 is 0 Å². The second-order valence-corrected chi connectivity index (χ2v) is 5.53. The monoisotopic (exact) mass is 313 g/mol. The Labute approximate surface area is 139 Å². The molecule has 0 aromatic heterocycles. The van der Waals surface area contributed by atoms with Crippen LogP contribution in [0.4, 0.5) is 0 Å². The predicted octanol–water partition coefficient (Wildman–Crippen LogP) is 4.16. The lowest BCUT2D eigenvalue weighted by molar-refractivity contribution is 0.295. The fraction of sp³-hybridized carbons (Fsp3) is 0.400. The van der Waals surface area contributed by atoms with E-state index < -0.39 is 0 Å². The maximum absolute atomic E-state index is 5.96. The summed E-state index contributed by atoms with van der Waals surface area (Å²) in [5, 5.41) is 0. The molecule has 124 valence electrons. The van der Waals surface area contributed by atoms with Gasteiger partial charge in [0.1, 0.15) is 11.5 Å². The summed E-state index contributed by atoms with van der Waals surface area (Å²) in [6, 6.07) is 16.4. The van der Waals surface area contributed by atoms with E-state index >= 15 is 0 Å². The van der Waals surface area contributed by atoms with Crippen molar-refractivity contribution in [3.05, 3.63) is 59.7 Å². The molecule has 0 aliphatic carbocycles. The molecule has 0 heterocycles. The van der Waals surface area contributed by atoms with Gasteiger partial charge in [-0.3, -0.25) is 0 Å². The summed E-state index contributed by atoms with van der Waals surface area (Å²) in [4.78, 5) is 0. The SMILES string of the molecule is CCOc1ccc(C(CN)CCOc2ccccc2CC)cc1. The molecular formula is C20H27NO2. The fourth-order valence-electron chi connectivity index (χ4n) is 2.67. The van der Waals surface area contributed by atoms with E-state index in [9.17, 15) is 0 Å². The summed E-state index contributed by atoms with van der Waals surface area (Å²) in [5.74, 6) is 2.19. The fourth-order valence-corrected chi connectivity index (χ4v) is 2.67. The number of para-hydroxylation sites is 1. The molecule has 2 N–H and O–H groups in total. The number of rotatable bonds is 9. The van der Waals surface area contributed by atoms with E-state index in [1.165, 1.54) is 11.1 Å². The lowest BCUT2D eigenvalue weighted by Crippen LogP contribution is -2.15. The molecule has 23 heavy (non-hydrogen) atoms. The van der Waals surface area contributed by atoms with Crippen LogP contribution in [0, 0.1) is 0 Å². The summed E-state index contributed by atoms with van der Waals surface area (Å²) in [6.07, 6.45) is 1.89. The number of nitrogens with two attached hydrogens (primary N) is 1. The van der Waals surface area contributed by atoms with E-state index in [0.29, 0.717) is 25.7 Å². The first-order valence-electron chi connectivity index (χ1n) is 8.42. The summed E-state index contributed by atoms with van der Waals surface area (Å²) in [6.45, 7) is 6.11. The van der Waals surface area contributed by atoms with Crippen LogP contribution in [-0.2, 0) is 6.42 Å². The minimum atomic E-state index is 0.305. The van der Waals surface area contributed by atoms with Gasteiger partial charge in [0.2, 0.25) is 0 Å². The number of benzene rings is 2. The quantitative estimate of drug-likeness (QED) is 0.756. The molecule has 2 rings (SSSR count). The number of hydrogen-bond acceptors (Lipinski definition) is 3. The zero-order chi connectivity index (χ0) is 16.5. The molecule has 0 aliphatic rings. The average Bonchev–Trinajstić information content (AvgIpc) is 2.60. The zero-order valence-electron chi connectivity index (χ0n) is 14.1. The maximum atomic E-state index is 5.96. The van der Waals surface area contributed by atoms with Gasteiger partial charge in [-0.1, -0.05) is 37.3 Å². The van der Waals surface area contributed by atoms with Crippen LogP contribution in [-0.4, -0.2) is 19.8 Å². The number of hydrogen-bond donors (Lipinski definition) is 1. The molecule has 0 saturated heterocycles. The molecule has 2 aromatic carbocycles. The number of ether oxygens (including phenoxy) is 2. The van der Waals surface area contributed by atoms with Crippen LogP contribution in [0.3, 0.4) is 0 Å². The van der Waals surface area contributed by atoms with Crippen LogP contribution in [0.1, 0.15) is 37.3 Å². The van der Waals surface area contributed by atoms with Crippen LogP contribution in [0.5, 0.6) is 11.5 Å². The summed E-state index contributed by atoms with van der Waals surface area (Å²) >= 11 is 0. The van der Waals surface area contributed by atoms with E-state index in [1.54, 1.807) is 0 Å². The standard InChI is InChI=1S/C20H27NO2/c1-3-16-7-5-6-8-20(16)23-14-13-18(15-21)17-9-11-19(12-10-17)22-4-2/h5-12,18H,3-4,13-15,21H2,1-2H3. The Morgan fingerprint density at radius 2 is 1.70 bits per heavy atom. The third-order valence-electron chi connectivity index (χ3n) is 4.02. The Morgan fingerprint density at radius 3 is 2.35 bits per heavy atom. The van der Waals surface area contributed by atoms with Gasteiger partial charge in [-0.25, -0.2) is 0 Å². The smallest absolute Gasteiger partial charge is 0.122 e. The average molecular weight is 313 g/mol. The van der Waals surface area contributed by atoms with Gasteiger partial charge in [0.25, 0.3) is 0 Å². The minimum Gasteiger partial charge on any atom is -0.494 e. The molecule has 0 amide bonds. The molecular weight excluding hydrogens is 286 g/mol. The van der Waals surface area contributed by atoms with Crippen molar-refractivity contribution in [1.29, 1.82) is 0 Å². The van der Waals surface area contributed by atoms with Crippen molar-refractivity contribution >= 4 is 0 Å². The topological polar surface area (TPSA) is 44.5 Å². The molecule has 1 unspecified atom stereocenters. The van der Waals surface area contributed by atoms with Crippen molar-refractivity contribution in [2.24, 2.45) is 5.73 Å². The molecule has 0 radical (unpaired) electrons. The van der Waals surface area contributed by atoms with Gasteiger partial charge in [0, 0.05) is 0 Å². The van der Waals surface area contributed by atoms with Crippen molar-refractivity contribution in [2.45, 2.75) is 32.6 Å². The molecule has 0 saturated carbocycles. The van der Waals surface area contributed by atoms with Gasteiger partial charge in [-0.2, -0.15) is 0 Å². The maximum Gasteiger partial charge on any atom is 0.122 e. The highest BCUT2D eigenvalue weighted by Gasteiger charge is 2.11. The van der Waals surface area contributed by atoms with Gasteiger partial charge < -0.3 is 15.2 Å². The first-order valence-corrected chi connectivity index (χ1v) is 8.42. The summed E-state index contributed by atoms with van der Waals surface area (Å²) in [5.41, 5.74) is 8.44. The normalized spacial score (nSPS) is 12.0. The highest BCUT2D eigenvalue weighted by atomic mass is 16.5. The molecule has 2 aromatic rings. The third kappa shape index (κ3) is 5.00. The Hall–Kier alpha value is -2.00. The van der Waals surface area contributed by atoms with Gasteiger partial charge in [0.15, 0.2) is 0 Å². The molecule has 3 nitrogen and oxygen atoms in total. The molecule has 3 heteroatoms. The Balaban J connectivity index is 1.92. The van der Waals surface area contributed by atoms with Gasteiger partial charge in [-0.15, -0.1) is 0 Å². The van der Waals surface area contributed by atoms with E-state index in [2.05, 4.69) is 25.1 Å². The molecule has 0 spiro atoms. The van der Waals surface area contributed by atoms with Crippen molar-refractivity contribution in [1.82, 2.24) is 0 Å². The van der Waals surface area contributed by atoms with Crippen LogP contribution in [0.25, 0.3) is 0 Å². The van der Waals surface area contributed by atoms with Gasteiger partial charge in [0.05, 0.1) is 13.2 Å². The van der Waals surface area contributed by atoms with Crippen molar-refractivity contribution in [3.63, 3.8) is 0 Å². The molecule has 0 aliphatic heterocycles. The summed E-state index contributed by atoms with van der Waals surface area (Å²) < 4.78 is 11.4. The van der Waals surface area contributed by atoms with Gasteiger partial charge in [-0.05, 0) is 61.6 Å². The first-order chi connectivity index (χ1) is 11.3. The Kier molecular flexibility index (Phi) is 6.95. The van der Waals surface area contributed by atoms with E-state index in [0.717, 1.165) is 24.3 Å². The number of aryl methyl sites for hydroxylation is 1. The second-order valence-electron chi connectivity index (χ2n) is 5.53. The highest BCUT2D eigenvalue weighted by molar-refractivity contribution is 5.33. The van der Waals surface area contributed by atoms with E-state index in [4.69, 9.17) is 15.2 Å². The van der Waals surface area contributed by atoms with E-state index in [1.807, 2.05) is 37.3 Å². The van der Waals surface area contributed by atoms with Crippen molar-refractivity contribution in [2.75, 3.05) is 19.8 Å². The summed E-state index contributed by atoms with van der Waals surface area (Å²) in [7, 11) is 0.